The van der Waals surface area contributed by atoms with Crippen molar-refractivity contribution in [3.8, 4) is 11.4 Å². The van der Waals surface area contributed by atoms with Crippen molar-refractivity contribution in [3.05, 3.63) is 30.3 Å². The standard InChI is InChI=1S/C17H24N6O/c1-12(2)15(17(24)22-10-8-14(18)9-11-22)23-20-16(19-21-23)13-6-4-3-5-7-13/h3-7,12,14-15H,8-11,18H2,1-2H3. The van der Waals surface area contributed by atoms with E-state index in [1.807, 2.05) is 49.1 Å². The predicted molar refractivity (Wildman–Crippen MR) is 90.9 cm³/mol. The fraction of sp³-hybridized carbons (Fsp3) is 0.529. The Morgan fingerprint density at radius 2 is 1.88 bits per heavy atom. The normalized spacial score (nSPS) is 17.2. The van der Waals surface area contributed by atoms with Crippen LogP contribution in [0, 0.1) is 5.92 Å². The fourth-order valence-electron chi connectivity index (χ4n) is 3.00. The molecule has 3 rings (SSSR count). The van der Waals surface area contributed by atoms with Crippen molar-refractivity contribution in [2.24, 2.45) is 11.7 Å². The number of nitrogens with zero attached hydrogens (tertiary/aromatic N) is 5. The molecule has 0 aliphatic carbocycles. The molecule has 1 aliphatic rings. The van der Waals surface area contributed by atoms with E-state index in [1.165, 1.54) is 4.80 Å². The third-order valence-electron chi connectivity index (χ3n) is 4.44. The van der Waals surface area contributed by atoms with Crippen molar-refractivity contribution in [1.82, 2.24) is 25.1 Å². The van der Waals surface area contributed by atoms with Gasteiger partial charge >= 0.3 is 0 Å². The van der Waals surface area contributed by atoms with Crippen LogP contribution >= 0.6 is 0 Å². The summed E-state index contributed by atoms with van der Waals surface area (Å²) < 4.78 is 0. The number of benzene rings is 1. The number of likely N-dealkylation sites (tertiary alicyclic amines) is 1. The Morgan fingerprint density at radius 3 is 2.50 bits per heavy atom. The predicted octanol–water partition coefficient (Wildman–Crippen LogP) is 1.49. The SMILES string of the molecule is CC(C)C(C(=O)N1CCC(N)CC1)n1nnc(-c2ccccc2)n1. The van der Waals surface area contributed by atoms with Crippen molar-refractivity contribution in [2.45, 2.75) is 38.8 Å². The molecule has 0 radical (unpaired) electrons. The first-order valence-electron chi connectivity index (χ1n) is 8.45. The van der Waals surface area contributed by atoms with Crippen LogP contribution in [0.15, 0.2) is 30.3 Å². The lowest BCUT2D eigenvalue weighted by Gasteiger charge is -2.33. The van der Waals surface area contributed by atoms with Crippen LogP contribution < -0.4 is 5.73 Å². The first-order valence-corrected chi connectivity index (χ1v) is 8.45. The summed E-state index contributed by atoms with van der Waals surface area (Å²) in [7, 11) is 0. The highest BCUT2D eigenvalue weighted by molar-refractivity contribution is 5.80. The molecule has 1 fully saturated rings. The van der Waals surface area contributed by atoms with Crippen LogP contribution in [0.4, 0.5) is 0 Å². The van der Waals surface area contributed by atoms with Gasteiger partial charge in [0.05, 0.1) is 0 Å². The number of carbonyl (C=O) groups excluding carboxylic acids is 1. The lowest BCUT2D eigenvalue weighted by molar-refractivity contribution is -0.138. The molecule has 0 saturated carbocycles. The number of aromatic nitrogens is 4. The maximum atomic E-state index is 12.9. The number of tetrazole rings is 1. The highest BCUT2D eigenvalue weighted by atomic mass is 16.2. The van der Waals surface area contributed by atoms with E-state index in [0.717, 1.165) is 18.4 Å². The zero-order valence-electron chi connectivity index (χ0n) is 14.2. The monoisotopic (exact) mass is 328 g/mol. The molecule has 1 aliphatic heterocycles. The summed E-state index contributed by atoms with van der Waals surface area (Å²) in [4.78, 5) is 16.3. The number of amides is 1. The van der Waals surface area contributed by atoms with Gasteiger partial charge in [-0.25, -0.2) is 0 Å². The van der Waals surface area contributed by atoms with Gasteiger partial charge in [0.15, 0.2) is 6.04 Å². The van der Waals surface area contributed by atoms with Crippen LogP contribution in [0.25, 0.3) is 11.4 Å². The summed E-state index contributed by atoms with van der Waals surface area (Å²) >= 11 is 0. The molecule has 1 atom stereocenters. The smallest absolute Gasteiger partial charge is 0.249 e. The van der Waals surface area contributed by atoms with Crippen molar-refractivity contribution < 1.29 is 4.79 Å². The Kier molecular flexibility index (Phi) is 4.89. The van der Waals surface area contributed by atoms with Gasteiger partial charge in [-0.2, -0.15) is 4.80 Å². The first kappa shape index (κ1) is 16.6. The number of rotatable bonds is 4. The molecule has 7 nitrogen and oxygen atoms in total. The summed E-state index contributed by atoms with van der Waals surface area (Å²) in [5.74, 6) is 0.662. The maximum absolute atomic E-state index is 12.9. The van der Waals surface area contributed by atoms with Crippen molar-refractivity contribution >= 4 is 5.91 Å². The summed E-state index contributed by atoms with van der Waals surface area (Å²) in [6.45, 7) is 5.40. The van der Waals surface area contributed by atoms with E-state index in [4.69, 9.17) is 5.73 Å². The van der Waals surface area contributed by atoms with Gasteiger partial charge in [0.2, 0.25) is 11.7 Å². The van der Waals surface area contributed by atoms with Gasteiger partial charge in [-0.15, -0.1) is 10.2 Å². The molecule has 0 bridgehead atoms. The molecule has 1 aromatic carbocycles. The minimum Gasteiger partial charge on any atom is -0.341 e. The molecule has 7 heteroatoms. The molecule has 2 heterocycles. The number of piperidine rings is 1. The molecule has 1 saturated heterocycles. The van der Waals surface area contributed by atoms with Gasteiger partial charge in [-0.1, -0.05) is 44.2 Å². The Labute approximate surface area is 141 Å². The number of hydrogen-bond acceptors (Lipinski definition) is 5. The summed E-state index contributed by atoms with van der Waals surface area (Å²) in [5.41, 5.74) is 6.83. The van der Waals surface area contributed by atoms with Crippen LogP contribution in [0.3, 0.4) is 0 Å². The van der Waals surface area contributed by atoms with E-state index in [1.54, 1.807) is 0 Å². The second-order valence-electron chi connectivity index (χ2n) is 6.65. The summed E-state index contributed by atoms with van der Waals surface area (Å²) in [6.07, 6.45) is 1.69. The Bertz CT molecular complexity index is 675. The van der Waals surface area contributed by atoms with Gasteiger partial charge < -0.3 is 10.6 Å². The topological polar surface area (TPSA) is 89.9 Å². The van der Waals surface area contributed by atoms with Gasteiger partial charge in [0.1, 0.15) is 0 Å². The average Bonchev–Trinajstić information content (AvgIpc) is 3.05. The second-order valence-corrected chi connectivity index (χ2v) is 6.65. The molecular weight excluding hydrogens is 304 g/mol. The highest BCUT2D eigenvalue weighted by Crippen LogP contribution is 2.22. The Morgan fingerprint density at radius 1 is 1.21 bits per heavy atom. The summed E-state index contributed by atoms with van der Waals surface area (Å²) in [6, 6.07) is 9.41. The molecule has 1 aromatic heterocycles. The quantitative estimate of drug-likeness (QED) is 0.918. The molecular formula is C17H24N6O. The van der Waals surface area contributed by atoms with Gasteiger partial charge in [-0.05, 0) is 24.0 Å². The van der Waals surface area contributed by atoms with E-state index < -0.39 is 6.04 Å². The largest absolute Gasteiger partial charge is 0.341 e. The highest BCUT2D eigenvalue weighted by Gasteiger charge is 2.32. The molecule has 128 valence electrons. The van der Waals surface area contributed by atoms with E-state index >= 15 is 0 Å². The van der Waals surface area contributed by atoms with Crippen molar-refractivity contribution in [3.63, 3.8) is 0 Å². The number of hydrogen-bond donors (Lipinski definition) is 1. The number of carbonyl (C=O) groups is 1. The lowest BCUT2D eigenvalue weighted by Crippen LogP contribution is -2.47. The minimum absolute atomic E-state index is 0.0499. The molecule has 0 spiro atoms. The molecule has 1 amide bonds. The van der Waals surface area contributed by atoms with Crippen LogP contribution in [-0.2, 0) is 4.79 Å². The van der Waals surface area contributed by atoms with E-state index in [-0.39, 0.29) is 17.9 Å². The minimum atomic E-state index is -0.440. The van der Waals surface area contributed by atoms with Crippen LogP contribution in [0.2, 0.25) is 0 Å². The Balaban J connectivity index is 1.81. The van der Waals surface area contributed by atoms with E-state index in [2.05, 4.69) is 15.4 Å². The van der Waals surface area contributed by atoms with Crippen LogP contribution in [0.1, 0.15) is 32.7 Å². The van der Waals surface area contributed by atoms with Crippen LogP contribution in [-0.4, -0.2) is 50.1 Å². The lowest BCUT2D eigenvalue weighted by atomic mass is 10.0. The first-order chi connectivity index (χ1) is 11.6. The zero-order valence-corrected chi connectivity index (χ0v) is 14.2. The molecule has 24 heavy (non-hydrogen) atoms. The second kappa shape index (κ2) is 7.09. The fourth-order valence-corrected chi connectivity index (χ4v) is 3.00. The third kappa shape index (κ3) is 3.46. The third-order valence-corrected chi connectivity index (χ3v) is 4.44. The van der Waals surface area contributed by atoms with Gasteiger partial charge in [0.25, 0.3) is 0 Å². The maximum Gasteiger partial charge on any atom is 0.249 e. The zero-order chi connectivity index (χ0) is 17.1. The van der Waals surface area contributed by atoms with Crippen molar-refractivity contribution in [1.29, 1.82) is 0 Å². The molecule has 2 N–H and O–H groups in total. The number of nitrogens with two attached hydrogens (primary N) is 1. The van der Waals surface area contributed by atoms with E-state index in [0.29, 0.717) is 18.9 Å². The van der Waals surface area contributed by atoms with E-state index in [9.17, 15) is 4.79 Å². The molecule has 1 unspecified atom stereocenters. The molecule has 2 aromatic rings. The van der Waals surface area contributed by atoms with Gasteiger partial charge in [-0.3, -0.25) is 4.79 Å². The Hall–Kier alpha value is -2.28. The van der Waals surface area contributed by atoms with Crippen LogP contribution in [0.5, 0.6) is 0 Å². The average molecular weight is 328 g/mol. The van der Waals surface area contributed by atoms with Gasteiger partial charge in [0, 0.05) is 24.7 Å². The van der Waals surface area contributed by atoms with Crippen molar-refractivity contribution in [2.75, 3.05) is 13.1 Å². The summed E-state index contributed by atoms with van der Waals surface area (Å²) in [5, 5.41) is 12.7.